The third kappa shape index (κ3) is 1.11. The van der Waals surface area contributed by atoms with Gasteiger partial charge in [0.1, 0.15) is 17.7 Å². The summed E-state index contributed by atoms with van der Waals surface area (Å²) in [5.41, 5.74) is 0.371. The second-order valence-electron chi connectivity index (χ2n) is 2.72. The maximum Gasteiger partial charge on any atom is 0.260 e. The first-order valence-electron chi connectivity index (χ1n) is 3.72. The van der Waals surface area contributed by atoms with E-state index < -0.39 is 6.35 Å². The van der Waals surface area contributed by atoms with Crippen LogP contribution in [0.15, 0.2) is 12.5 Å². The maximum atomic E-state index is 11.3. The SMILES string of the molecule is CN1c2ncncc2C(=O)NC1O. The van der Waals surface area contributed by atoms with Crippen molar-refractivity contribution in [3.63, 3.8) is 0 Å². The summed E-state index contributed by atoms with van der Waals surface area (Å²) in [6.07, 6.45) is 1.73. The summed E-state index contributed by atoms with van der Waals surface area (Å²) in [5.74, 6) is 0.0763. The van der Waals surface area contributed by atoms with Crippen molar-refractivity contribution in [1.82, 2.24) is 15.3 Å². The lowest BCUT2D eigenvalue weighted by atomic mass is 10.2. The number of anilines is 1. The molecule has 13 heavy (non-hydrogen) atoms. The number of nitrogens with one attached hydrogen (secondary N) is 1. The highest BCUT2D eigenvalue weighted by molar-refractivity contribution is 6.00. The zero-order valence-corrected chi connectivity index (χ0v) is 6.93. The molecule has 1 aromatic rings. The average molecular weight is 180 g/mol. The lowest BCUT2D eigenvalue weighted by molar-refractivity contribution is 0.0754. The van der Waals surface area contributed by atoms with E-state index in [4.69, 9.17) is 0 Å². The van der Waals surface area contributed by atoms with Crippen molar-refractivity contribution >= 4 is 11.7 Å². The summed E-state index contributed by atoms with van der Waals surface area (Å²) in [5, 5.41) is 11.7. The van der Waals surface area contributed by atoms with Crippen LogP contribution < -0.4 is 10.2 Å². The Morgan fingerprint density at radius 3 is 3.23 bits per heavy atom. The van der Waals surface area contributed by atoms with Crippen LogP contribution in [0, 0.1) is 0 Å². The minimum absolute atomic E-state index is 0.360. The van der Waals surface area contributed by atoms with Crippen molar-refractivity contribution in [2.45, 2.75) is 6.35 Å². The monoisotopic (exact) mass is 180 g/mol. The van der Waals surface area contributed by atoms with E-state index in [1.807, 2.05) is 0 Å². The number of carbonyl (C=O) groups excluding carboxylic acids is 1. The van der Waals surface area contributed by atoms with Crippen LogP contribution in [0.25, 0.3) is 0 Å². The molecule has 1 unspecified atom stereocenters. The molecule has 2 rings (SSSR count). The molecule has 0 bridgehead atoms. The Bertz CT molecular complexity index is 354. The van der Waals surface area contributed by atoms with E-state index in [2.05, 4.69) is 15.3 Å². The predicted molar refractivity (Wildman–Crippen MR) is 43.9 cm³/mol. The highest BCUT2D eigenvalue weighted by Gasteiger charge is 2.27. The number of rotatable bonds is 0. The molecule has 68 valence electrons. The minimum Gasteiger partial charge on any atom is -0.356 e. The molecule has 2 N–H and O–H groups in total. The van der Waals surface area contributed by atoms with Crippen molar-refractivity contribution in [1.29, 1.82) is 0 Å². The molecule has 1 aliphatic heterocycles. The molecule has 0 fully saturated rings. The van der Waals surface area contributed by atoms with Crippen molar-refractivity contribution in [2.75, 3.05) is 11.9 Å². The number of carbonyl (C=O) groups is 1. The van der Waals surface area contributed by atoms with Gasteiger partial charge in [0.2, 0.25) is 6.35 Å². The number of aliphatic hydroxyl groups excluding tert-OH is 1. The van der Waals surface area contributed by atoms with E-state index in [9.17, 15) is 9.90 Å². The molecule has 0 saturated carbocycles. The Balaban J connectivity index is 2.53. The van der Waals surface area contributed by atoms with Crippen LogP contribution in [-0.4, -0.2) is 34.4 Å². The Kier molecular flexibility index (Phi) is 1.63. The molecule has 0 radical (unpaired) electrons. The molecule has 6 heteroatoms. The highest BCUT2D eigenvalue weighted by Crippen LogP contribution is 2.19. The van der Waals surface area contributed by atoms with Gasteiger partial charge in [-0.15, -0.1) is 0 Å². The number of amides is 1. The second-order valence-corrected chi connectivity index (χ2v) is 2.72. The fraction of sp³-hybridized carbons (Fsp3) is 0.286. The van der Waals surface area contributed by atoms with Crippen molar-refractivity contribution in [2.24, 2.45) is 0 Å². The molecule has 0 saturated heterocycles. The molecule has 0 spiro atoms. The van der Waals surface area contributed by atoms with Crippen LogP contribution in [0.2, 0.25) is 0 Å². The molecular formula is C7H8N4O2. The van der Waals surface area contributed by atoms with E-state index in [0.717, 1.165) is 0 Å². The van der Waals surface area contributed by atoms with Gasteiger partial charge in [-0.1, -0.05) is 0 Å². The molecule has 1 amide bonds. The largest absolute Gasteiger partial charge is 0.356 e. The summed E-state index contributed by atoms with van der Waals surface area (Å²) in [7, 11) is 1.63. The second kappa shape index (κ2) is 2.67. The van der Waals surface area contributed by atoms with Gasteiger partial charge in [-0.25, -0.2) is 9.97 Å². The van der Waals surface area contributed by atoms with Crippen molar-refractivity contribution in [3.05, 3.63) is 18.1 Å². The van der Waals surface area contributed by atoms with Crippen molar-refractivity contribution < 1.29 is 9.90 Å². The van der Waals surface area contributed by atoms with Gasteiger partial charge < -0.3 is 15.3 Å². The zero-order chi connectivity index (χ0) is 9.42. The standard InChI is InChI=1S/C7H8N4O2/c1-11-5-4(2-8-3-9-5)6(12)10-7(11)13/h2-3,7,13H,1H3,(H,10,12). The zero-order valence-electron chi connectivity index (χ0n) is 6.93. The van der Waals surface area contributed by atoms with Crippen molar-refractivity contribution in [3.8, 4) is 0 Å². The van der Waals surface area contributed by atoms with Gasteiger partial charge in [0.05, 0.1) is 0 Å². The van der Waals surface area contributed by atoms with E-state index in [-0.39, 0.29) is 5.91 Å². The normalized spacial score (nSPS) is 20.9. The third-order valence-electron chi connectivity index (χ3n) is 1.90. The number of fused-ring (bicyclic) bond motifs is 1. The molecule has 0 aliphatic carbocycles. The van der Waals surface area contributed by atoms with Crippen LogP contribution in [0.3, 0.4) is 0 Å². The van der Waals surface area contributed by atoms with Crippen LogP contribution in [-0.2, 0) is 0 Å². The first kappa shape index (κ1) is 7.93. The van der Waals surface area contributed by atoms with Gasteiger partial charge in [0.25, 0.3) is 5.91 Å². The summed E-state index contributed by atoms with van der Waals surface area (Å²) in [6, 6.07) is 0. The number of hydrogen-bond acceptors (Lipinski definition) is 5. The number of aromatic nitrogens is 2. The summed E-state index contributed by atoms with van der Waals surface area (Å²) >= 11 is 0. The number of hydrogen-bond donors (Lipinski definition) is 2. The van der Waals surface area contributed by atoms with Crippen LogP contribution in [0.5, 0.6) is 0 Å². The molecule has 1 aromatic heterocycles. The summed E-state index contributed by atoms with van der Waals surface area (Å²) in [4.78, 5) is 20.3. The number of aliphatic hydroxyl groups is 1. The fourth-order valence-electron chi connectivity index (χ4n) is 1.17. The van der Waals surface area contributed by atoms with E-state index in [0.29, 0.717) is 11.4 Å². The first-order valence-corrected chi connectivity index (χ1v) is 3.72. The van der Waals surface area contributed by atoms with E-state index >= 15 is 0 Å². The van der Waals surface area contributed by atoms with Crippen LogP contribution >= 0.6 is 0 Å². The first-order chi connectivity index (χ1) is 6.20. The lowest BCUT2D eigenvalue weighted by Gasteiger charge is -2.30. The Labute approximate surface area is 74.2 Å². The van der Waals surface area contributed by atoms with Crippen LogP contribution in [0.4, 0.5) is 5.82 Å². The quantitative estimate of drug-likeness (QED) is 0.531. The summed E-state index contributed by atoms with van der Waals surface area (Å²) in [6.45, 7) is 0. The molecule has 6 nitrogen and oxygen atoms in total. The average Bonchev–Trinajstić information content (AvgIpc) is 2.15. The van der Waals surface area contributed by atoms with Gasteiger partial charge >= 0.3 is 0 Å². The molecule has 1 atom stereocenters. The van der Waals surface area contributed by atoms with Gasteiger partial charge in [0, 0.05) is 13.2 Å². The Hall–Kier alpha value is -1.69. The Morgan fingerprint density at radius 1 is 1.69 bits per heavy atom. The number of nitrogens with zero attached hydrogens (tertiary/aromatic N) is 3. The van der Waals surface area contributed by atoms with Gasteiger partial charge in [-0.3, -0.25) is 4.79 Å². The topological polar surface area (TPSA) is 78.4 Å². The fourth-order valence-corrected chi connectivity index (χ4v) is 1.17. The van der Waals surface area contributed by atoms with Gasteiger partial charge in [0.15, 0.2) is 0 Å². The smallest absolute Gasteiger partial charge is 0.260 e. The summed E-state index contributed by atoms with van der Waals surface area (Å²) < 4.78 is 0. The van der Waals surface area contributed by atoms with E-state index in [1.165, 1.54) is 17.4 Å². The van der Waals surface area contributed by atoms with E-state index in [1.54, 1.807) is 7.05 Å². The molecule has 0 aromatic carbocycles. The predicted octanol–water partition coefficient (Wildman–Crippen LogP) is -1.07. The lowest BCUT2D eigenvalue weighted by Crippen LogP contribution is -2.51. The van der Waals surface area contributed by atoms with Crippen LogP contribution in [0.1, 0.15) is 10.4 Å². The molecular weight excluding hydrogens is 172 g/mol. The molecule has 2 heterocycles. The third-order valence-corrected chi connectivity index (χ3v) is 1.90. The van der Waals surface area contributed by atoms with Gasteiger partial charge in [-0.05, 0) is 0 Å². The molecule has 1 aliphatic rings. The highest BCUT2D eigenvalue weighted by atomic mass is 16.3. The minimum atomic E-state index is -1.02. The maximum absolute atomic E-state index is 11.3. The van der Waals surface area contributed by atoms with Gasteiger partial charge in [-0.2, -0.15) is 0 Å². The Morgan fingerprint density at radius 2 is 2.46 bits per heavy atom.